The van der Waals surface area contributed by atoms with Crippen LogP contribution in [0.1, 0.15) is 23.7 Å². The van der Waals surface area contributed by atoms with E-state index in [2.05, 4.69) is 10.6 Å². The maximum Gasteiger partial charge on any atom is 0.337 e. The SMILES string of the molecule is CCCNC(=O)Nc1ccc(C(=O)O)c(Cl)c1. The third kappa shape index (κ3) is 3.96. The van der Waals surface area contributed by atoms with Crippen LogP contribution in [0.5, 0.6) is 0 Å². The lowest BCUT2D eigenvalue weighted by atomic mass is 10.2. The number of hydrogen-bond acceptors (Lipinski definition) is 2. The van der Waals surface area contributed by atoms with Crippen LogP contribution >= 0.6 is 11.6 Å². The standard InChI is InChI=1S/C11H13ClN2O3/c1-2-5-13-11(17)14-7-3-4-8(10(15)16)9(12)6-7/h3-4,6H,2,5H2,1H3,(H,15,16)(H2,13,14,17). The van der Waals surface area contributed by atoms with E-state index in [1.54, 1.807) is 0 Å². The minimum absolute atomic E-state index is 0.00573. The first-order chi connectivity index (χ1) is 8.04. The van der Waals surface area contributed by atoms with Crippen molar-refractivity contribution in [3.63, 3.8) is 0 Å². The fraction of sp³-hybridized carbons (Fsp3) is 0.273. The van der Waals surface area contributed by atoms with Crippen molar-refractivity contribution >= 4 is 29.3 Å². The van der Waals surface area contributed by atoms with Crippen LogP contribution in [-0.2, 0) is 0 Å². The van der Waals surface area contributed by atoms with E-state index in [-0.39, 0.29) is 16.6 Å². The van der Waals surface area contributed by atoms with Gasteiger partial charge in [0.25, 0.3) is 0 Å². The topological polar surface area (TPSA) is 78.4 Å². The summed E-state index contributed by atoms with van der Waals surface area (Å²) in [5.41, 5.74) is 0.458. The second-order valence-corrected chi connectivity index (χ2v) is 3.79. The first-order valence-corrected chi connectivity index (χ1v) is 5.50. The Balaban J connectivity index is 2.70. The number of amides is 2. The first kappa shape index (κ1) is 13.3. The molecule has 0 heterocycles. The number of carbonyl (C=O) groups excluding carboxylic acids is 1. The van der Waals surface area contributed by atoms with Crippen molar-refractivity contribution in [3.8, 4) is 0 Å². The highest BCUT2D eigenvalue weighted by atomic mass is 35.5. The molecule has 6 heteroatoms. The van der Waals surface area contributed by atoms with Crippen molar-refractivity contribution in [1.29, 1.82) is 0 Å². The van der Waals surface area contributed by atoms with Gasteiger partial charge in [-0.15, -0.1) is 0 Å². The molecule has 17 heavy (non-hydrogen) atoms. The number of anilines is 1. The van der Waals surface area contributed by atoms with Crippen LogP contribution < -0.4 is 10.6 Å². The van der Waals surface area contributed by atoms with Crippen molar-refractivity contribution in [2.24, 2.45) is 0 Å². The second kappa shape index (κ2) is 6.10. The Morgan fingerprint density at radius 1 is 1.41 bits per heavy atom. The number of carboxylic acid groups (broad SMARTS) is 1. The van der Waals surface area contributed by atoms with Gasteiger partial charge in [-0.05, 0) is 24.6 Å². The minimum atomic E-state index is -1.10. The number of halogens is 1. The normalized spacial score (nSPS) is 9.76. The van der Waals surface area contributed by atoms with Crippen molar-refractivity contribution in [3.05, 3.63) is 28.8 Å². The summed E-state index contributed by atoms with van der Waals surface area (Å²) in [4.78, 5) is 22.0. The van der Waals surface area contributed by atoms with Crippen LogP contribution in [-0.4, -0.2) is 23.7 Å². The van der Waals surface area contributed by atoms with Crippen LogP contribution in [0.3, 0.4) is 0 Å². The maximum atomic E-state index is 11.3. The summed E-state index contributed by atoms with van der Waals surface area (Å²) in [6.07, 6.45) is 0.839. The molecule has 0 saturated heterocycles. The quantitative estimate of drug-likeness (QED) is 0.775. The Bertz CT molecular complexity index is 435. The highest BCUT2D eigenvalue weighted by Gasteiger charge is 2.09. The van der Waals surface area contributed by atoms with Gasteiger partial charge in [-0.1, -0.05) is 18.5 Å². The number of rotatable bonds is 4. The molecule has 5 nitrogen and oxygen atoms in total. The van der Waals surface area contributed by atoms with E-state index in [0.717, 1.165) is 6.42 Å². The zero-order chi connectivity index (χ0) is 12.8. The van der Waals surface area contributed by atoms with Gasteiger partial charge in [0.2, 0.25) is 0 Å². The molecule has 1 aromatic rings. The Morgan fingerprint density at radius 2 is 2.12 bits per heavy atom. The highest BCUT2D eigenvalue weighted by molar-refractivity contribution is 6.33. The number of urea groups is 1. The summed E-state index contributed by atoms with van der Waals surface area (Å²) in [7, 11) is 0. The van der Waals surface area contributed by atoms with Crippen molar-refractivity contribution in [2.75, 3.05) is 11.9 Å². The lowest BCUT2D eigenvalue weighted by molar-refractivity contribution is 0.0697. The van der Waals surface area contributed by atoms with Crippen LogP contribution in [0.2, 0.25) is 5.02 Å². The van der Waals surface area contributed by atoms with Gasteiger partial charge in [-0.3, -0.25) is 0 Å². The van der Waals surface area contributed by atoms with Gasteiger partial charge in [0.15, 0.2) is 0 Å². The van der Waals surface area contributed by atoms with E-state index in [0.29, 0.717) is 12.2 Å². The van der Waals surface area contributed by atoms with Gasteiger partial charge in [0, 0.05) is 12.2 Å². The molecular formula is C11H13ClN2O3. The second-order valence-electron chi connectivity index (χ2n) is 3.38. The summed E-state index contributed by atoms with van der Waals surface area (Å²) in [5.74, 6) is -1.10. The molecule has 0 aliphatic rings. The molecule has 0 unspecified atom stereocenters. The number of aromatic carboxylic acids is 1. The van der Waals surface area contributed by atoms with Gasteiger partial charge in [0.1, 0.15) is 0 Å². The van der Waals surface area contributed by atoms with Crippen LogP contribution in [0.15, 0.2) is 18.2 Å². The molecule has 0 atom stereocenters. The van der Waals surface area contributed by atoms with E-state index >= 15 is 0 Å². The van der Waals surface area contributed by atoms with Gasteiger partial charge in [0.05, 0.1) is 10.6 Å². The van der Waals surface area contributed by atoms with E-state index in [9.17, 15) is 9.59 Å². The van der Waals surface area contributed by atoms with E-state index in [4.69, 9.17) is 16.7 Å². The maximum absolute atomic E-state index is 11.3. The van der Waals surface area contributed by atoms with Gasteiger partial charge in [-0.2, -0.15) is 0 Å². The van der Waals surface area contributed by atoms with E-state index in [1.165, 1.54) is 18.2 Å². The molecule has 3 N–H and O–H groups in total. The van der Waals surface area contributed by atoms with Crippen molar-refractivity contribution in [1.82, 2.24) is 5.32 Å². The summed E-state index contributed by atoms with van der Waals surface area (Å²) in [5, 5.41) is 14.0. The lowest BCUT2D eigenvalue weighted by Gasteiger charge is -2.07. The monoisotopic (exact) mass is 256 g/mol. The van der Waals surface area contributed by atoms with Crippen molar-refractivity contribution < 1.29 is 14.7 Å². The smallest absolute Gasteiger partial charge is 0.337 e. The number of nitrogens with one attached hydrogen (secondary N) is 2. The molecule has 0 spiro atoms. The molecule has 2 amide bonds. The van der Waals surface area contributed by atoms with Crippen LogP contribution in [0.4, 0.5) is 10.5 Å². The van der Waals surface area contributed by atoms with Crippen LogP contribution in [0, 0.1) is 0 Å². The highest BCUT2D eigenvalue weighted by Crippen LogP contribution is 2.20. The van der Waals surface area contributed by atoms with Gasteiger partial charge >= 0.3 is 12.0 Å². The summed E-state index contributed by atoms with van der Waals surface area (Å²) in [6.45, 7) is 2.52. The predicted molar refractivity (Wildman–Crippen MR) is 65.7 cm³/mol. The zero-order valence-electron chi connectivity index (χ0n) is 9.29. The Hall–Kier alpha value is -1.75. The fourth-order valence-corrected chi connectivity index (χ4v) is 1.44. The number of benzene rings is 1. The zero-order valence-corrected chi connectivity index (χ0v) is 10.0. The summed E-state index contributed by atoms with van der Waals surface area (Å²) < 4.78 is 0. The molecule has 1 aromatic carbocycles. The third-order valence-corrected chi connectivity index (χ3v) is 2.31. The van der Waals surface area contributed by atoms with Crippen molar-refractivity contribution in [2.45, 2.75) is 13.3 Å². The number of hydrogen-bond donors (Lipinski definition) is 3. The average molecular weight is 257 g/mol. The molecule has 0 aromatic heterocycles. The Morgan fingerprint density at radius 3 is 2.65 bits per heavy atom. The molecule has 0 fully saturated rings. The van der Waals surface area contributed by atoms with Gasteiger partial charge < -0.3 is 15.7 Å². The van der Waals surface area contributed by atoms with Crippen LogP contribution in [0.25, 0.3) is 0 Å². The molecule has 0 bridgehead atoms. The number of carboxylic acids is 1. The lowest BCUT2D eigenvalue weighted by Crippen LogP contribution is -2.29. The Kier molecular flexibility index (Phi) is 4.78. The fourth-order valence-electron chi connectivity index (χ4n) is 1.18. The third-order valence-electron chi connectivity index (χ3n) is 1.99. The minimum Gasteiger partial charge on any atom is -0.478 e. The summed E-state index contributed by atoms with van der Waals surface area (Å²) in [6, 6.07) is 3.89. The molecule has 1 rings (SSSR count). The molecule has 0 radical (unpaired) electrons. The number of carbonyl (C=O) groups is 2. The molecule has 0 saturated carbocycles. The predicted octanol–water partition coefficient (Wildman–Crippen LogP) is 2.57. The molecule has 0 aliphatic heterocycles. The molecule has 92 valence electrons. The van der Waals surface area contributed by atoms with E-state index < -0.39 is 5.97 Å². The Labute approximate surface area is 104 Å². The summed E-state index contributed by atoms with van der Waals surface area (Å²) >= 11 is 5.76. The molecular weight excluding hydrogens is 244 g/mol. The van der Waals surface area contributed by atoms with E-state index in [1.807, 2.05) is 6.92 Å². The first-order valence-electron chi connectivity index (χ1n) is 5.12. The average Bonchev–Trinajstić information content (AvgIpc) is 2.26. The molecule has 0 aliphatic carbocycles. The van der Waals surface area contributed by atoms with Gasteiger partial charge in [-0.25, -0.2) is 9.59 Å². The largest absolute Gasteiger partial charge is 0.478 e.